The standard InChI is InChI=1S/C23H17N3O/c27-20-9-7-17-14-18(6-8-19(17)20)22-21(15-10-12-24-13-11-15)25-23(26-22)16-4-2-1-3-5-16/h1-6,8,10-14H,7,9H2,(H,25,26). The Morgan fingerprint density at radius 2 is 1.63 bits per heavy atom. The van der Waals surface area contributed by atoms with E-state index in [9.17, 15) is 4.79 Å². The predicted octanol–water partition coefficient (Wildman–Crippen LogP) is 4.93. The van der Waals surface area contributed by atoms with E-state index in [4.69, 9.17) is 4.98 Å². The van der Waals surface area contributed by atoms with Gasteiger partial charge in [-0.3, -0.25) is 9.78 Å². The summed E-state index contributed by atoms with van der Waals surface area (Å²) < 4.78 is 0. The fourth-order valence-electron chi connectivity index (χ4n) is 3.65. The van der Waals surface area contributed by atoms with Gasteiger partial charge in [0.25, 0.3) is 0 Å². The Bertz CT molecular complexity index is 1130. The first-order chi connectivity index (χ1) is 13.3. The molecule has 1 N–H and O–H groups in total. The summed E-state index contributed by atoms with van der Waals surface area (Å²) in [6.07, 6.45) is 4.97. The number of rotatable bonds is 3. The third-order valence-corrected chi connectivity index (χ3v) is 5.02. The lowest BCUT2D eigenvalue weighted by Gasteiger charge is -2.05. The van der Waals surface area contributed by atoms with Crippen molar-refractivity contribution in [2.24, 2.45) is 0 Å². The molecule has 2 heterocycles. The summed E-state index contributed by atoms with van der Waals surface area (Å²) in [6, 6.07) is 20.1. The Balaban J connectivity index is 1.69. The maximum Gasteiger partial charge on any atom is 0.163 e. The van der Waals surface area contributed by atoms with E-state index in [-0.39, 0.29) is 5.78 Å². The number of fused-ring (bicyclic) bond motifs is 1. The van der Waals surface area contributed by atoms with Gasteiger partial charge in [0.05, 0.1) is 11.4 Å². The molecule has 0 radical (unpaired) electrons. The number of hydrogen-bond donors (Lipinski definition) is 1. The molecule has 0 atom stereocenters. The number of aromatic amines is 1. The molecule has 0 unspecified atom stereocenters. The summed E-state index contributed by atoms with van der Waals surface area (Å²) in [5, 5.41) is 0. The van der Waals surface area contributed by atoms with Crippen LogP contribution in [0.1, 0.15) is 22.3 Å². The average molecular weight is 351 g/mol. The Kier molecular flexibility index (Phi) is 3.68. The molecular formula is C23H17N3O. The first-order valence-corrected chi connectivity index (χ1v) is 9.02. The van der Waals surface area contributed by atoms with Crippen LogP contribution >= 0.6 is 0 Å². The van der Waals surface area contributed by atoms with Gasteiger partial charge in [0.2, 0.25) is 0 Å². The number of carbonyl (C=O) groups excluding carboxylic acids is 1. The monoisotopic (exact) mass is 351 g/mol. The third kappa shape index (κ3) is 2.75. The molecule has 5 rings (SSSR count). The molecule has 4 nitrogen and oxygen atoms in total. The maximum atomic E-state index is 12.0. The van der Waals surface area contributed by atoms with Crippen LogP contribution in [0.2, 0.25) is 0 Å². The average Bonchev–Trinajstić information content (AvgIpc) is 3.33. The molecule has 0 saturated carbocycles. The number of hydrogen-bond acceptors (Lipinski definition) is 3. The summed E-state index contributed by atoms with van der Waals surface area (Å²) in [7, 11) is 0. The summed E-state index contributed by atoms with van der Waals surface area (Å²) in [5.74, 6) is 1.06. The first kappa shape index (κ1) is 15.7. The highest BCUT2D eigenvalue weighted by molar-refractivity contribution is 6.01. The molecule has 0 amide bonds. The second-order valence-electron chi connectivity index (χ2n) is 6.71. The van der Waals surface area contributed by atoms with E-state index in [0.717, 1.165) is 51.5 Å². The van der Waals surface area contributed by atoms with Gasteiger partial charge in [0.1, 0.15) is 5.82 Å². The van der Waals surface area contributed by atoms with Crippen LogP contribution in [-0.2, 0) is 6.42 Å². The van der Waals surface area contributed by atoms with Crippen LogP contribution in [0.3, 0.4) is 0 Å². The fourth-order valence-corrected chi connectivity index (χ4v) is 3.65. The molecule has 4 aromatic rings. The Labute approximate surface area is 157 Å². The van der Waals surface area contributed by atoms with Gasteiger partial charge in [0, 0.05) is 41.1 Å². The first-order valence-electron chi connectivity index (χ1n) is 9.02. The molecular weight excluding hydrogens is 334 g/mol. The van der Waals surface area contributed by atoms with Gasteiger partial charge in [-0.15, -0.1) is 0 Å². The zero-order valence-corrected chi connectivity index (χ0v) is 14.6. The van der Waals surface area contributed by atoms with Crippen LogP contribution in [0.15, 0.2) is 73.1 Å². The summed E-state index contributed by atoms with van der Waals surface area (Å²) in [5.41, 5.74) is 6.91. The van der Waals surface area contributed by atoms with Crippen molar-refractivity contribution in [2.75, 3.05) is 0 Å². The SMILES string of the molecule is O=C1CCc2cc(-c3nc(-c4ccccc4)[nH]c3-c3ccncc3)ccc21. The largest absolute Gasteiger partial charge is 0.337 e. The normalized spacial score (nSPS) is 13.0. The van der Waals surface area contributed by atoms with Crippen LogP contribution in [0, 0.1) is 0 Å². The predicted molar refractivity (Wildman–Crippen MR) is 105 cm³/mol. The number of aromatic nitrogens is 3. The van der Waals surface area contributed by atoms with Crippen molar-refractivity contribution >= 4 is 5.78 Å². The van der Waals surface area contributed by atoms with E-state index in [1.165, 1.54) is 0 Å². The lowest BCUT2D eigenvalue weighted by atomic mass is 10.0. The zero-order chi connectivity index (χ0) is 18.2. The maximum absolute atomic E-state index is 12.0. The van der Waals surface area contributed by atoms with Crippen LogP contribution < -0.4 is 0 Å². The van der Waals surface area contributed by atoms with Crippen molar-refractivity contribution in [3.05, 3.63) is 84.2 Å². The van der Waals surface area contributed by atoms with Crippen molar-refractivity contribution < 1.29 is 4.79 Å². The molecule has 0 fully saturated rings. The molecule has 0 bridgehead atoms. The molecule has 27 heavy (non-hydrogen) atoms. The lowest BCUT2D eigenvalue weighted by molar-refractivity contribution is 0.0994. The second kappa shape index (κ2) is 6.32. The number of nitrogens with zero attached hydrogens (tertiary/aromatic N) is 2. The van der Waals surface area contributed by atoms with E-state index < -0.39 is 0 Å². The van der Waals surface area contributed by atoms with Gasteiger partial charge in [-0.05, 0) is 30.2 Å². The van der Waals surface area contributed by atoms with Gasteiger partial charge in [0.15, 0.2) is 5.78 Å². The number of ketones is 1. The van der Waals surface area contributed by atoms with Gasteiger partial charge >= 0.3 is 0 Å². The number of H-pyrrole nitrogens is 1. The van der Waals surface area contributed by atoms with E-state index in [1.807, 2.05) is 54.6 Å². The Morgan fingerprint density at radius 1 is 0.815 bits per heavy atom. The minimum Gasteiger partial charge on any atom is -0.337 e. The van der Waals surface area contributed by atoms with E-state index in [0.29, 0.717) is 6.42 Å². The number of Topliss-reactive ketones (excluding diaryl/α,β-unsaturated/α-hetero) is 1. The van der Waals surface area contributed by atoms with Crippen LogP contribution in [0.5, 0.6) is 0 Å². The second-order valence-corrected chi connectivity index (χ2v) is 6.71. The van der Waals surface area contributed by atoms with Crippen LogP contribution in [0.25, 0.3) is 33.9 Å². The van der Waals surface area contributed by atoms with Crippen molar-refractivity contribution in [3.63, 3.8) is 0 Å². The fraction of sp³-hybridized carbons (Fsp3) is 0.0870. The molecule has 0 spiro atoms. The molecule has 2 aromatic heterocycles. The minimum atomic E-state index is 0.234. The zero-order valence-electron chi connectivity index (χ0n) is 14.6. The van der Waals surface area contributed by atoms with Crippen LogP contribution in [-0.4, -0.2) is 20.7 Å². The van der Waals surface area contributed by atoms with Gasteiger partial charge in [-0.2, -0.15) is 0 Å². The highest BCUT2D eigenvalue weighted by Crippen LogP contribution is 2.35. The number of aryl methyl sites for hydroxylation is 1. The van der Waals surface area contributed by atoms with E-state index in [1.54, 1.807) is 12.4 Å². The number of benzene rings is 2. The van der Waals surface area contributed by atoms with Crippen LogP contribution in [0.4, 0.5) is 0 Å². The summed E-state index contributed by atoms with van der Waals surface area (Å²) in [4.78, 5) is 24.5. The number of carbonyl (C=O) groups is 1. The molecule has 0 aliphatic heterocycles. The molecule has 0 saturated heterocycles. The Hall–Kier alpha value is -3.53. The molecule has 1 aliphatic rings. The highest BCUT2D eigenvalue weighted by Gasteiger charge is 2.21. The lowest BCUT2D eigenvalue weighted by Crippen LogP contribution is -1.91. The Morgan fingerprint density at radius 3 is 2.44 bits per heavy atom. The van der Waals surface area contributed by atoms with Gasteiger partial charge in [-0.1, -0.05) is 42.5 Å². The molecule has 130 valence electrons. The van der Waals surface area contributed by atoms with E-state index in [2.05, 4.69) is 16.0 Å². The topological polar surface area (TPSA) is 58.6 Å². The minimum absolute atomic E-state index is 0.234. The molecule has 2 aromatic carbocycles. The number of imidazole rings is 1. The van der Waals surface area contributed by atoms with Crippen molar-refractivity contribution in [1.82, 2.24) is 15.0 Å². The van der Waals surface area contributed by atoms with Gasteiger partial charge < -0.3 is 4.98 Å². The smallest absolute Gasteiger partial charge is 0.163 e. The van der Waals surface area contributed by atoms with E-state index >= 15 is 0 Å². The number of nitrogens with one attached hydrogen (secondary N) is 1. The number of pyridine rings is 1. The van der Waals surface area contributed by atoms with Crippen molar-refractivity contribution in [2.45, 2.75) is 12.8 Å². The van der Waals surface area contributed by atoms with Gasteiger partial charge in [-0.25, -0.2) is 4.98 Å². The van der Waals surface area contributed by atoms with Crippen molar-refractivity contribution in [3.8, 4) is 33.9 Å². The summed E-state index contributed by atoms with van der Waals surface area (Å²) >= 11 is 0. The molecule has 1 aliphatic carbocycles. The quantitative estimate of drug-likeness (QED) is 0.569. The highest BCUT2D eigenvalue weighted by atomic mass is 16.1. The van der Waals surface area contributed by atoms with Crippen molar-refractivity contribution in [1.29, 1.82) is 0 Å². The molecule has 4 heteroatoms. The third-order valence-electron chi connectivity index (χ3n) is 5.02. The summed E-state index contributed by atoms with van der Waals surface area (Å²) in [6.45, 7) is 0.